The molecule has 0 aliphatic heterocycles. The molecule has 0 atom stereocenters. The summed E-state index contributed by atoms with van der Waals surface area (Å²) in [7, 11) is 1.33. The van der Waals surface area contributed by atoms with Crippen molar-refractivity contribution in [3.63, 3.8) is 0 Å². The number of methoxy groups -OCH3 is 1. The van der Waals surface area contributed by atoms with Gasteiger partial charge >= 0.3 is 5.97 Å². The molecule has 7 heteroatoms. The highest BCUT2D eigenvalue weighted by Crippen LogP contribution is 2.33. The molecule has 0 unspecified atom stereocenters. The highest BCUT2D eigenvalue weighted by molar-refractivity contribution is 6.06. The summed E-state index contributed by atoms with van der Waals surface area (Å²) in [6.45, 7) is 0. The number of carbonyl (C=O) groups is 2. The lowest BCUT2D eigenvalue weighted by molar-refractivity contribution is 0.0600. The van der Waals surface area contributed by atoms with Crippen molar-refractivity contribution in [2.24, 2.45) is 0 Å². The number of imidazole rings is 1. The van der Waals surface area contributed by atoms with Crippen molar-refractivity contribution in [1.29, 1.82) is 0 Å². The average molecular weight is 361 g/mol. The van der Waals surface area contributed by atoms with Gasteiger partial charge in [0, 0.05) is 28.9 Å². The molecule has 0 saturated heterocycles. The van der Waals surface area contributed by atoms with Gasteiger partial charge in [0.15, 0.2) is 6.29 Å². The number of hydrogen-bond donors (Lipinski definition) is 2. The first-order chi connectivity index (χ1) is 13.2. The van der Waals surface area contributed by atoms with Gasteiger partial charge in [-0.15, -0.1) is 0 Å². The van der Waals surface area contributed by atoms with Gasteiger partial charge in [-0.1, -0.05) is 12.1 Å². The molecule has 0 fully saturated rings. The molecule has 4 aromatic rings. The van der Waals surface area contributed by atoms with Crippen molar-refractivity contribution in [2.45, 2.75) is 0 Å². The largest absolute Gasteiger partial charge is 0.465 e. The fourth-order valence-corrected chi connectivity index (χ4v) is 2.89. The molecule has 0 amide bonds. The molecule has 2 aromatic carbocycles. The highest BCUT2D eigenvalue weighted by atomic mass is 16.5. The second kappa shape index (κ2) is 6.80. The minimum Gasteiger partial charge on any atom is -0.465 e. The van der Waals surface area contributed by atoms with Gasteiger partial charge in [0.05, 0.1) is 7.11 Å². The first-order valence-corrected chi connectivity index (χ1v) is 8.17. The molecule has 2 N–H and O–H groups in total. The van der Waals surface area contributed by atoms with E-state index in [2.05, 4.69) is 15.0 Å². The Morgan fingerprint density at radius 3 is 2.81 bits per heavy atom. The van der Waals surface area contributed by atoms with Crippen LogP contribution in [-0.4, -0.2) is 34.3 Å². The van der Waals surface area contributed by atoms with Crippen LogP contribution in [0, 0.1) is 0 Å². The monoisotopic (exact) mass is 361 g/mol. The average Bonchev–Trinajstić information content (AvgIpc) is 3.36. The molecule has 0 aliphatic rings. The van der Waals surface area contributed by atoms with Crippen molar-refractivity contribution in [2.75, 3.05) is 7.11 Å². The molecular weight excluding hydrogens is 346 g/mol. The molecule has 7 nitrogen and oxygen atoms in total. The maximum absolute atomic E-state index is 12.3. The molecular formula is C20H15N3O4. The molecule has 0 aliphatic carbocycles. The summed E-state index contributed by atoms with van der Waals surface area (Å²) in [5.74, 6) is 0.987. The van der Waals surface area contributed by atoms with E-state index in [9.17, 15) is 9.59 Å². The van der Waals surface area contributed by atoms with E-state index in [1.54, 1.807) is 36.5 Å². The van der Waals surface area contributed by atoms with Gasteiger partial charge in [0.2, 0.25) is 0 Å². The number of fused-ring (bicyclic) bond motifs is 1. The Labute approximate surface area is 154 Å². The van der Waals surface area contributed by atoms with Crippen molar-refractivity contribution in [3.05, 3.63) is 66.1 Å². The van der Waals surface area contributed by atoms with E-state index < -0.39 is 5.97 Å². The number of rotatable bonds is 5. The standard InChI is InChI=1S/C20H15N3O4/c1-26-20(25)18-15-7-8-21-16(15)5-6-17(18)27-14-4-2-3-12(9-14)19-22-10-13(11-24)23-19/h2-11,21H,1H3,(H,22,23). The van der Waals surface area contributed by atoms with Crippen LogP contribution in [0.3, 0.4) is 0 Å². The van der Waals surface area contributed by atoms with Gasteiger partial charge in [-0.2, -0.15) is 0 Å². The summed E-state index contributed by atoms with van der Waals surface area (Å²) in [5, 5.41) is 0.720. The third kappa shape index (κ3) is 3.06. The van der Waals surface area contributed by atoms with Crippen LogP contribution in [0.15, 0.2) is 54.9 Å². The van der Waals surface area contributed by atoms with Crippen molar-refractivity contribution < 1.29 is 19.1 Å². The van der Waals surface area contributed by atoms with E-state index in [0.29, 0.717) is 34.9 Å². The second-order valence-corrected chi connectivity index (χ2v) is 5.79. The Hall–Kier alpha value is -3.87. The normalized spacial score (nSPS) is 10.7. The van der Waals surface area contributed by atoms with Crippen LogP contribution in [0.4, 0.5) is 0 Å². The molecule has 0 radical (unpaired) electrons. The smallest absolute Gasteiger partial charge is 0.342 e. The zero-order valence-corrected chi connectivity index (χ0v) is 14.4. The van der Waals surface area contributed by atoms with E-state index in [0.717, 1.165) is 16.5 Å². The highest BCUT2D eigenvalue weighted by Gasteiger charge is 2.19. The van der Waals surface area contributed by atoms with E-state index >= 15 is 0 Å². The Morgan fingerprint density at radius 2 is 2.04 bits per heavy atom. The van der Waals surface area contributed by atoms with Gasteiger partial charge in [0.25, 0.3) is 0 Å². The quantitative estimate of drug-likeness (QED) is 0.414. The van der Waals surface area contributed by atoms with Crippen LogP contribution in [-0.2, 0) is 4.74 Å². The second-order valence-electron chi connectivity index (χ2n) is 5.79. The van der Waals surface area contributed by atoms with Crippen LogP contribution in [0.25, 0.3) is 22.3 Å². The number of nitrogens with zero attached hydrogens (tertiary/aromatic N) is 1. The lowest BCUT2D eigenvalue weighted by Crippen LogP contribution is -2.04. The predicted octanol–water partition coefficient (Wildman–Crippen LogP) is 3.95. The number of carbonyl (C=O) groups excluding carboxylic acids is 2. The summed E-state index contributed by atoms with van der Waals surface area (Å²) < 4.78 is 10.9. The first kappa shape index (κ1) is 16.6. The third-order valence-corrected chi connectivity index (χ3v) is 4.14. The minimum atomic E-state index is -0.479. The molecule has 4 rings (SSSR count). The zero-order valence-electron chi connectivity index (χ0n) is 14.4. The number of aldehydes is 1. The number of ether oxygens (including phenoxy) is 2. The SMILES string of the molecule is COC(=O)c1c(Oc2cccc(-c3nc(C=O)c[nH]3)c2)ccc2[nH]ccc12. The van der Waals surface area contributed by atoms with Gasteiger partial charge in [-0.05, 0) is 30.3 Å². The number of esters is 1. The van der Waals surface area contributed by atoms with Gasteiger partial charge in [0.1, 0.15) is 28.6 Å². The van der Waals surface area contributed by atoms with Gasteiger partial charge < -0.3 is 19.4 Å². The van der Waals surface area contributed by atoms with Gasteiger partial charge in [-0.25, -0.2) is 9.78 Å². The summed E-state index contributed by atoms with van der Waals surface area (Å²) in [6, 6.07) is 12.6. The van der Waals surface area contributed by atoms with Crippen LogP contribution in [0.2, 0.25) is 0 Å². The number of nitrogens with one attached hydrogen (secondary N) is 2. The van der Waals surface area contributed by atoms with Crippen LogP contribution < -0.4 is 4.74 Å². The number of aromatic nitrogens is 3. The third-order valence-electron chi connectivity index (χ3n) is 4.14. The number of hydrogen-bond acceptors (Lipinski definition) is 5. The molecule has 0 bridgehead atoms. The summed E-state index contributed by atoms with van der Waals surface area (Å²) in [5.41, 5.74) is 2.24. The van der Waals surface area contributed by atoms with E-state index in [1.165, 1.54) is 13.3 Å². The van der Waals surface area contributed by atoms with Crippen molar-refractivity contribution in [3.8, 4) is 22.9 Å². The summed E-state index contributed by atoms with van der Waals surface area (Å²) in [6.07, 6.45) is 3.96. The maximum atomic E-state index is 12.3. The lowest BCUT2D eigenvalue weighted by Gasteiger charge is -2.11. The molecule has 2 heterocycles. The lowest BCUT2D eigenvalue weighted by atomic mass is 10.1. The summed E-state index contributed by atoms with van der Waals surface area (Å²) in [4.78, 5) is 33.3. The van der Waals surface area contributed by atoms with E-state index in [1.807, 2.05) is 12.1 Å². The van der Waals surface area contributed by atoms with Gasteiger partial charge in [-0.3, -0.25) is 4.79 Å². The molecule has 2 aromatic heterocycles. The maximum Gasteiger partial charge on any atom is 0.342 e. The van der Waals surface area contributed by atoms with Crippen LogP contribution in [0.1, 0.15) is 20.8 Å². The Balaban J connectivity index is 1.73. The molecule has 27 heavy (non-hydrogen) atoms. The fraction of sp³-hybridized carbons (Fsp3) is 0.0500. The Bertz CT molecular complexity index is 1140. The summed E-state index contributed by atoms with van der Waals surface area (Å²) >= 11 is 0. The molecule has 0 spiro atoms. The topological polar surface area (TPSA) is 97.1 Å². The zero-order chi connectivity index (χ0) is 18.8. The van der Waals surface area contributed by atoms with Crippen LogP contribution in [0.5, 0.6) is 11.5 Å². The number of H-pyrrole nitrogens is 2. The Kier molecular flexibility index (Phi) is 4.18. The molecule has 0 saturated carbocycles. The number of benzene rings is 2. The van der Waals surface area contributed by atoms with E-state index in [-0.39, 0.29) is 0 Å². The number of aromatic amines is 2. The minimum absolute atomic E-state index is 0.321. The van der Waals surface area contributed by atoms with E-state index in [4.69, 9.17) is 9.47 Å². The van der Waals surface area contributed by atoms with Crippen molar-refractivity contribution >= 4 is 23.2 Å². The predicted molar refractivity (Wildman–Crippen MR) is 99.1 cm³/mol. The van der Waals surface area contributed by atoms with Crippen molar-refractivity contribution in [1.82, 2.24) is 15.0 Å². The van der Waals surface area contributed by atoms with Crippen LogP contribution >= 0.6 is 0 Å². The Morgan fingerprint density at radius 1 is 1.15 bits per heavy atom. The fourth-order valence-electron chi connectivity index (χ4n) is 2.89. The first-order valence-electron chi connectivity index (χ1n) is 8.17. The molecule has 134 valence electrons.